The van der Waals surface area contributed by atoms with Crippen molar-refractivity contribution in [1.82, 2.24) is 19.6 Å². The van der Waals surface area contributed by atoms with Gasteiger partial charge in [-0.3, -0.25) is 14.2 Å². The van der Waals surface area contributed by atoms with Crippen LogP contribution >= 0.6 is 27.5 Å². The van der Waals surface area contributed by atoms with Crippen LogP contribution in [0.5, 0.6) is 0 Å². The van der Waals surface area contributed by atoms with Crippen LogP contribution in [0.4, 0.5) is 5.69 Å². The number of nitrogens with zero attached hydrogens (tertiary/aromatic N) is 4. The lowest BCUT2D eigenvalue weighted by atomic mass is 10.2. The average molecular weight is 451 g/mol. The van der Waals surface area contributed by atoms with Gasteiger partial charge in [-0.15, -0.1) is 0 Å². The van der Waals surface area contributed by atoms with Crippen molar-refractivity contribution < 1.29 is 4.79 Å². The summed E-state index contributed by atoms with van der Waals surface area (Å²) in [5.41, 5.74) is 4.44. The van der Waals surface area contributed by atoms with E-state index >= 15 is 0 Å². The van der Waals surface area contributed by atoms with Crippen molar-refractivity contribution in [3.05, 3.63) is 62.6 Å². The minimum absolute atomic E-state index is 0.0622. The van der Waals surface area contributed by atoms with Crippen molar-refractivity contribution in [2.24, 2.45) is 0 Å². The van der Waals surface area contributed by atoms with Gasteiger partial charge in [-0.25, -0.2) is 0 Å². The summed E-state index contributed by atoms with van der Waals surface area (Å²) >= 11 is 9.48. The number of hydrogen-bond donors (Lipinski definition) is 1. The predicted molar refractivity (Wildman–Crippen MR) is 110 cm³/mol. The van der Waals surface area contributed by atoms with E-state index in [9.17, 15) is 4.79 Å². The highest BCUT2D eigenvalue weighted by Crippen LogP contribution is 2.21. The van der Waals surface area contributed by atoms with Gasteiger partial charge in [0.05, 0.1) is 33.8 Å². The molecule has 0 aliphatic carbocycles. The second-order valence-corrected chi connectivity index (χ2v) is 7.75. The van der Waals surface area contributed by atoms with E-state index in [4.69, 9.17) is 11.6 Å². The molecule has 0 saturated heterocycles. The van der Waals surface area contributed by atoms with Crippen LogP contribution in [-0.2, 0) is 17.9 Å². The van der Waals surface area contributed by atoms with Crippen LogP contribution in [-0.4, -0.2) is 25.5 Å². The van der Waals surface area contributed by atoms with Gasteiger partial charge in [0, 0.05) is 24.2 Å². The lowest BCUT2D eigenvalue weighted by Crippen LogP contribution is -2.16. The monoisotopic (exact) mass is 449 g/mol. The Hall–Kier alpha value is -2.12. The van der Waals surface area contributed by atoms with Crippen LogP contribution in [0.2, 0.25) is 5.02 Å². The maximum atomic E-state index is 12.4. The van der Waals surface area contributed by atoms with Crippen LogP contribution in [0.15, 0.2) is 34.9 Å². The summed E-state index contributed by atoms with van der Waals surface area (Å²) in [4.78, 5) is 12.4. The fourth-order valence-corrected chi connectivity index (χ4v) is 3.39. The molecule has 2 aromatic heterocycles. The molecule has 0 aliphatic rings. The number of anilines is 1. The maximum Gasteiger partial charge on any atom is 0.226 e. The minimum atomic E-state index is -0.0622. The zero-order valence-corrected chi connectivity index (χ0v) is 17.8. The Bertz CT molecular complexity index is 959. The molecule has 8 heteroatoms. The molecular weight excluding hydrogens is 430 g/mol. The molecule has 0 aliphatic heterocycles. The normalized spacial score (nSPS) is 11.0. The van der Waals surface area contributed by atoms with Crippen LogP contribution < -0.4 is 5.32 Å². The largest absolute Gasteiger partial charge is 0.323 e. The van der Waals surface area contributed by atoms with E-state index < -0.39 is 0 Å². The number of nitrogens with one attached hydrogen (secondary N) is 1. The van der Waals surface area contributed by atoms with Crippen molar-refractivity contribution in [2.75, 3.05) is 5.32 Å². The first-order chi connectivity index (χ1) is 12.8. The van der Waals surface area contributed by atoms with Crippen LogP contribution in [0.1, 0.15) is 29.1 Å². The quantitative estimate of drug-likeness (QED) is 0.601. The molecule has 142 valence electrons. The van der Waals surface area contributed by atoms with Crippen molar-refractivity contribution in [2.45, 2.75) is 40.3 Å². The summed E-state index contributed by atoms with van der Waals surface area (Å²) in [6.07, 6.45) is 2.22. The first kappa shape index (κ1) is 19.6. The molecule has 3 rings (SSSR count). The maximum absolute atomic E-state index is 12.4. The number of aryl methyl sites for hydroxylation is 3. The standard InChI is InChI=1S/C19H21BrClN5O/c1-12-17(20)11-25(23-12)8-7-18(27)22-19-13(2)24-26(14(19)3)10-15-5-4-6-16(21)9-15/h4-6,9,11H,7-8,10H2,1-3H3,(H,22,27). The van der Waals surface area contributed by atoms with E-state index in [-0.39, 0.29) is 5.91 Å². The Morgan fingerprint density at radius 2 is 2.00 bits per heavy atom. The fourth-order valence-electron chi connectivity index (χ4n) is 2.87. The van der Waals surface area contributed by atoms with Gasteiger partial charge in [0.1, 0.15) is 0 Å². The fraction of sp³-hybridized carbons (Fsp3) is 0.316. The molecule has 27 heavy (non-hydrogen) atoms. The van der Waals surface area contributed by atoms with Crippen molar-refractivity contribution >= 4 is 39.1 Å². The Morgan fingerprint density at radius 1 is 1.22 bits per heavy atom. The Kier molecular flexibility index (Phi) is 6.01. The zero-order valence-electron chi connectivity index (χ0n) is 15.5. The van der Waals surface area contributed by atoms with Crippen LogP contribution in [0, 0.1) is 20.8 Å². The molecule has 0 radical (unpaired) electrons. The van der Waals surface area contributed by atoms with E-state index in [0.29, 0.717) is 24.5 Å². The van der Waals surface area contributed by atoms with Crippen molar-refractivity contribution in [3.63, 3.8) is 0 Å². The molecule has 0 fully saturated rings. The summed E-state index contributed by atoms with van der Waals surface area (Å²) in [7, 11) is 0. The van der Waals surface area contributed by atoms with E-state index in [2.05, 4.69) is 31.4 Å². The number of carbonyl (C=O) groups excluding carboxylic acids is 1. The number of hydrogen-bond acceptors (Lipinski definition) is 3. The van der Waals surface area contributed by atoms with Crippen LogP contribution in [0.25, 0.3) is 0 Å². The van der Waals surface area contributed by atoms with Crippen molar-refractivity contribution in [3.8, 4) is 0 Å². The highest BCUT2D eigenvalue weighted by Gasteiger charge is 2.15. The number of rotatable bonds is 6. The van der Waals surface area contributed by atoms with Gasteiger partial charge < -0.3 is 5.32 Å². The van der Waals surface area contributed by atoms with Gasteiger partial charge in [0.2, 0.25) is 5.91 Å². The Balaban J connectivity index is 1.66. The molecule has 1 amide bonds. The number of halogens is 2. The first-order valence-electron chi connectivity index (χ1n) is 8.61. The molecule has 0 bridgehead atoms. The summed E-state index contributed by atoms with van der Waals surface area (Å²) < 4.78 is 4.59. The van der Waals surface area contributed by atoms with Gasteiger partial charge in [-0.2, -0.15) is 10.2 Å². The third-order valence-electron chi connectivity index (χ3n) is 4.32. The number of aromatic nitrogens is 4. The van der Waals surface area contributed by atoms with Gasteiger partial charge in [-0.05, 0) is 54.4 Å². The summed E-state index contributed by atoms with van der Waals surface area (Å²) in [5.74, 6) is -0.0622. The molecule has 6 nitrogen and oxygen atoms in total. The number of amides is 1. The first-order valence-corrected chi connectivity index (χ1v) is 9.78. The topological polar surface area (TPSA) is 64.7 Å². The smallest absolute Gasteiger partial charge is 0.226 e. The minimum Gasteiger partial charge on any atom is -0.323 e. The van der Waals surface area contributed by atoms with E-state index in [0.717, 1.165) is 32.8 Å². The molecule has 0 atom stereocenters. The highest BCUT2D eigenvalue weighted by molar-refractivity contribution is 9.10. The molecule has 1 N–H and O–H groups in total. The third-order valence-corrected chi connectivity index (χ3v) is 5.34. The lowest BCUT2D eigenvalue weighted by Gasteiger charge is -2.08. The molecule has 2 heterocycles. The lowest BCUT2D eigenvalue weighted by molar-refractivity contribution is -0.116. The number of benzene rings is 1. The number of carbonyl (C=O) groups is 1. The van der Waals surface area contributed by atoms with Gasteiger partial charge in [-0.1, -0.05) is 23.7 Å². The van der Waals surface area contributed by atoms with Crippen molar-refractivity contribution in [1.29, 1.82) is 0 Å². The SMILES string of the molecule is Cc1nn(CCC(=O)Nc2c(C)nn(Cc3cccc(Cl)c3)c2C)cc1Br. The molecule has 3 aromatic rings. The summed E-state index contributed by atoms with van der Waals surface area (Å²) in [6, 6.07) is 7.68. The predicted octanol–water partition coefficient (Wildman–Crippen LogP) is 4.50. The molecule has 0 spiro atoms. The second kappa shape index (κ2) is 8.27. The molecule has 1 aromatic carbocycles. The van der Waals surface area contributed by atoms with Gasteiger partial charge in [0.15, 0.2) is 0 Å². The highest BCUT2D eigenvalue weighted by atomic mass is 79.9. The third kappa shape index (κ3) is 4.78. The van der Waals surface area contributed by atoms with Crippen LogP contribution in [0.3, 0.4) is 0 Å². The van der Waals surface area contributed by atoms with Gasteiger partial charge >= 0.3 is 0 Å². The molecular formula is C19H21BrClN5O. The summed E-state index contributed by atoms with van der Waals surface area (Å²) in [6.45, 7) is 6.89. The zero-order chi connectivity index (χ0) is 19.6. The second-order valence-electron chi connectivity index (χ2n) is 6.46. The van der Waals surface area contributed by atoms with E-state index in [1.54, 1.807) is 4.68 Å². The summed E-state index contributed by atoms with van der Waals surface area (Å²) in [5, 5.41) is 12.6. The molecule has 0 saturated carbocycles. The molecule has 0 unspecified atom stereocenters. The average Bonchev–Trinajstić information content (AvgIpc) is 3.06. The Labute approximate surface area is 171 Å². The van der Waals surface area contributed by atoms with E-state index in [1.807, 2.05) is 55.9 Å². The van der Waals surface area contributed by atoms with E-state index in [1.165, 1.54) is 0 Å². The Morgan fingerprint density at radius 3 is 2.67 bits per heavy atom. The van der Waals surface area contributed by atoms with Gasteiger partial charge in [0.25, 0.3) is 0 Å².